The number of aromatic nitrogens is 2. The molecule has 3 N–H and O–H groups in total. The predicted octanol–water partition coefficient (Wildman–Crippen LogP) is 2.32. The summed E-state index contributed by atoms with van der Waals surface area (Å²) in [5.74, 6) is -1.85. The van der Waals surface area contributed by atoms with Crippen molar-refractivity contribution in [3.63, 3.8) is 0 Å². The fourth-order valence-corrected chi connectivity index (χ4v) is 1.71. The molecule has 6 nitrogen and oxygen atoms in total. The number of aromatic carboxylic acids is 1. The first-order chi connectivity index (χ1) is 8.99. The molecule has 0 aliphatic rings. The molecule has 0 saturated carbocycles. The third-order valence-corrected chi connectivity index (χ3v) is 2.75. The van der Waals surface area contributed by atoms with Gasteiger partial charge in [0.1, 0.15) is 0 Å². The van der Waals surface area contributed by atoms with Crippen LogP contribution in [0.25, 0.3) is 0 Å². The minimum absolute atomic E-state index is 0.174. The summed E-state index contributed by atoms with van der Waals surface area (Å²) >= 11 is 5.84. The summed E-state index contributed by atoms with van der Waals surface area (Å²) in [6.07, 6.45) is 1.16. The Hall–Kier alpha value is -2.34. The lowest BCUT2D eigenvalue weighted by atomic mass is 10.2. The van der Waals surface area contributed by atoms with E-state index in [1.54, 1.807) is 25.1 Å². The van der Waals surface area contributed by atoms with E-state index < -0.39 is 11.9 Å². The number of anilines is 1. The van der Waals surface area contributed by atoms with Gasteiger partial charge in [-0.3, -0.25) is 4.79 Å². The van der Waals surface area contributed by atoms with Crippen molar-refractivity contribution in [2.24, 2.45) is 0 Å². The first-order valence-electron chi connectivity index (χ1n) is 5.33. The molecule has 0 atom stereocenters. The molecule has 2 rings (SSSR count). The zero-order valence-corrected chi connectivity index (χ0v) is 10.7. The van der Waals surface area contributed by atoms with Crippen LogP contribution in [-0.2, 0) is 0 Å². The Kier molecular flexibility index (Phi) is 3.52. The Morgan fingerprint density at radius 3 is 2.84 bits per heavy atom. The highest BCUT2D eigenvalue weighted by Crippen LogP contribution is 2.21. The number of hydrogen-bond donors (Lipinski definition) is 3. The number of aryl methyl sites for hydroxylation is 1. The largest absolute Gasteiger partial charge is 0.477 e. The van der Waals surface area contributed by atoms with Gasteiger partial charge in [0.2, 0.25) is 0 Å². The lowest BCUT2D eigenvalue weighted by Gasteiger charge is -2.07. The zero-order chi connectivity index (χ0) is 14.0. The van der Waals surface area contributed by atoms with Gasteiger partial charge >= 0.3 is 5.97 Å². The van der Waals surface area contributed by atoms with Gasteiger partial charge in [-0.2, -0.15) is 0 Å². The number of hydrogen-bond acceptors (Lipinski definition) is 3. The molecule has 7 heteroatoms. The third-order valence-electron chi connectivity index (χ3n) is 2.52. The second kappa shape index (κ2) is 5.11. The number of nitrogens with zero attached hydrogens (tertiary/aromatic N) is 1. The maximum atomic E-state index is 12.0. The summed E-state index contributed by atoms with van der Waals surface area (Å²) in [5, 5.41) is 11.9. The van der Waals surface area contributed by atoms with Crippen LogP contribution in [-0.4, -0.2) is 27.0 Å². The highest BCUT2D eigenvalue weighted by atomic mass is 35.5. The van der Waals surface area contributed by atoms with Crippen molar-refractivity contribution in [3.8, 4) is 0 Å². The third kappa shape index (κ3) is 2.74. The van der Waals surface area contributed by atoms with Crippen LogP contribution < -0.4 is 5.32 Å². The standard InChI is InChI=1S/C12H10ClN3O3/c1-6-2-3-7(13)4-8(6)16-11(17)9-10(12(18)19)15-5-14-9/h2-5H,1H3,(H,14,15)(H,16,17)(H,18,19). The second-order valence-corrected chi connectivity index (χ2v) is 4.28. The summed E-state index contributed by atoms with van der Waals surface area (Å²) in [4.78, 5) is 29.0. The molecular formula is C12H10ClN3O3. The number of carbonyl (C=O) groups excluding carboxylic acids is 1. The van der Waals surface area contributed by atoms with E-state index in [1.165, 1.54) is 0 Å². The average Bonchev–Trinajstić information content (AvgIpc) is 2.83. The molecule has 0 unspecified atom stereocenters. The lowest BCUT2D eigenvalue weighted by molar-refractivity contribution is 0.0686. The highest BCUT2D eigenvalue weighted by molar-refractivity contribution is 6.31. The molecule has 0 radical (unpaired) electrons. The second-order valence-electron chi connectivity index (χ2n) is 3.84. The van der Waals surface area contributed by atoms with Gasteiger partial charge in [0.15, 0.2) is 11.4 Å². The Labute approximate surface area is 113 Å². The molecular weight excluding hydrogens is 270 g/mol. The molecule has 1 aromatic carbocycles. The van der Waals surface area contributed by atoms with E-state index in [4.69, 9.17) is 16.7 Å². The van der Waals surface area contributed by atoms with Gasteiger partial charge in [-0.25, -0.2) is 9.78 Å². The van der Waals surface area contributed by atoms with E-state index in [1.807, 2.05) is 0 Å². The number of halogens is 1. The van der Waals surface area contributed by atoms with Crippen LogP contribution in [0.5, 0.6) is 0 Å². The molecule has 0 aliphatic carbocycles. The van der Waals surface area contributed by atoms with Crippen molar-refractivity contribution in [1.82, 2.24) is 9.97 Å². The van der Waals surface area contributed by atoms with Gasteiger partial charge in [-0.05, 0) is 24.6 Å². The number of H-pyrrole nitrogens is 1. The summed E-state index contributed by atoms with van der Waals surface area (Å²) in [7, 11) is 0. The van der Waals surface area contributed by atoms with E-state index >= 15 is 0 Å². The van der Waals surface area contributed by atoms with Crippen molar-refractivity contribution in [2.75, 3.05) is 5.32 Å². The normalized spacial score (nSPS) is 10.2. The quantitative estimate of drug-likeness (QED) is 0.803. The number of carbonyl (C=O) groups is 2. The topological polar surface area (TPSA) is 95.1 Å². The van der Waals surface area contributed by atoms with Gasteiger partial charge in [0.05, 0.1) is 6.33 Å². The Bertz CT molecular complexity index is 651. The van der Waals surface area contributed by atoms with E-state index in [0.717, 1.165) is 11.9 Å². The smallest absolute Gasteiger partial charge is 0.354 e. The predicted molar refractivity (Wildman–Crippen MR) is 69.7 cm³/mol. The number of benzene rings is 1. The summed E-state index contributed by atoms with van der Waals surface area (Å²) in [5.41, 5.74) is 0.894. The molecule has 0 bridgehead atoms. The van der Waals surface area contributed by atoms with Crippen LogP contribution >= 0.6 is 11.6 Å². The SMILES string of the molecule is Cc1ccc(Cl)cc1NC(=O)c1nc[nH]c1C(=O)O. The summed E-state index contributed by atoms with van der Waals surface area (Å²) in [6, 6.07) is 5.03. The van der Waals surface area contributed by atoms with E-state index in [2.05, 4.69) is 15.3 Å². The highest BCUT2D eigenvalue weighted by Gasteiger charge is 2.20. The van der Waals surface area contributed by atoms with Crippen molar-refractivity contribution in [3.05, 3.63) is 46.5 Å². The van der Waals surface area contributed by atoms with Crippen LogP contribution in [0.2, 0.25) is 5.02 Å². The molecule has 0 fully saturated rings. The average molecular weight is 280 g/mol. The maximum Gasteiger partial charge on any atom is 0.354 e. The molecule has 0 aliphatic heterocycles. The lowest BCUT2D eigenvalue weighted by Crippen LogP contribution is -2.17. The molecule has 2 aromatic rings. The number of rotatable bonds is 3. The van der Waals surface area contributed by atoms with Crippen LogP contribution in [0.1, 0.15) is 26.5 Å². The molecule has 1 amide bonds. The Morgan fingerprint density at radius 1 is 1.42 bits per heavy atom. The van der Waals surface area contributed by atoms with Crippen molar-refractivity contribution < 1.29 is 14.7 Å². The van der Waals surface area contributed by atoms with E-state index in [9.17, 15) is 9.59 Å². The Balaban J connectivity index is 2.28. The van der Waals surface area contributed by atoms with E-state index in [-0.39, 0.29) is 11.4 Å². The number of nitrogens with one attached hydrogen (secondary N) is 2. The van der Waals surface area contributed by atoms with Gasteiger partial charge in [-0.15, -0.1) is 0 Å². The van der Waals surface area contributed by atoms with Crippen LogP contribution in [0.4, 0.5) is 5.69 Å². The van der Waals surface area contributed by atoms with Gasteiger partial charge in [-0.1, -0.05) is 17.7 Å². The molecule has 0 spiro atoms. The summed E-state index contributed by atoms with van der Waals surface area (Å²) < 4.78 is 0. The van der Waals surface area contributed by atoms with Gasteiger partial charge in [0, 0.05) is 10.7 Å². The molecule has 1 aromatic heterocycles. The number of aromatic amines is 1. The van der Waals surface area contributed by atoms with Crippen LogP contribution in [0.15, 0.2) is 24.5 Å². The minimum Gasteiger partial charge on any atom is -0.477 e. The molecule has 98 valence electrons. The number of amides is 1. The minimum atomic E-state index is -1.24. The Morgan fingerprint density at radius 2 is 2.16 bits per heavy atom. The van der Waals surface area contributed by atoms with Crippen molar-refractivity contribution >= 4 is 29.2 Å². The van der Waals surface area contributed by atoms with Crippen molar-refractivity contribution in [1.29, 1.82) is 0 Å². The fraction of sp³-hybridized carbons (Fsp3) is 0.0833. The first-order valence-corrected chi connectivity index (χ1v) is 5.71. The maximum absolute atomic E-state index is 12.0. The van der Waals surface area contributed by atoms with Crippen LogP contribution in [0.3, 0.4) is 0 Å². The first kappa shape index (κ1) is 13.1. The monoisotopic (exact) mass is 279 g/mol. The molecule has 0 saturated heterocycles. The van der Waals surface area contributed by atoms with E-state index in [0.29, 0.717) is 10.7 Å². The van der Waals surface area contributed by atoms with Gasteiger partial charge < -0.3 is 15.4 Å². The number of imidazole rings is 1. The van der Waals surface area contributed by atoms with Crippen LogP contribution in [0, 0.1) is 6.92 Å². The zero-order valence-electron chi connectivity index (χ0n) is 9.90. The van der Waals surface area contributed by atoms with Crippen molar-refractivity contribution in [2.45, 2.75) is 6.92 Å². The number of carboxylic acid groups (broad SMARTS) is 1. The van der Waals surface area contributed by atoms with Gasteiger partial charge in [0.25, 0.3) is 5.91 Å². The number of carboxylic acids is 1. The summed E-state index contributed by atoms with van der Waals surface area (Å²) in [6.45, 7) is 1.80. The molecule has 19 heavy (non-hydrogen) atoms. The molecule has 1 heterocycles. The fourth-order valence-electron chi connectivity index (χ4n) is 1.54.